The highest BCUT2D eigenvalue weighted by Gasteiger charge is 2.26. The van der Waals surface area contributed by atoms with Gasteiger partial charge >= 0.3 is 0 Å². The van der Waals surface area contributed by atoms with E-state index in [1.54, 1.807) is 22.8 Å². The zero-order chi connectivity index (χ0) is 25.4. The van der Waals surface area contributed by atoms with Crippen LogP contribution in [0, 0.1) is 6.92 Å². The van der Waals surface area contributed by atoms with Crippen LogP contribution in [-0.2, 0) is 6.54 Å². The summed E-state index contributed by atoms with van der Waals surface area (Å²) in [5, 5.41) is 21.9. The summed E-state index contributed by atoms with van der Waals surface area (Å²) in [5.74, 6) is 1.67. The third kappa shape index (κ3) is 4.66. The van der Waals surface area contributed by atoms with Crippen molar-refractivity contribution in [3.05, 3.63) is 114 Å². The summed E-state index contributed by atoms with van der Waals surface area (Å²) in [4.78, 5) is 4.76. The predicted octanol–water partition coefficient (Wildman–Crippen LogP) is 6.98. The molecule has 6 nitrogen and oxygen atoms in total. The number of fused-ring (bicyclic) bond motifs is 1. The Balaban J connectivity index is 1.24. The standard InChI is InChI=1S/C31H29N5O/c1-20-18-33-36-30(17-28(35-31(20)36)27-12-5-6-13-29(27)37)32-19-22-8-7-9-24(16-22)34-21(2)25-10-3-4-11-26(25)23-14-15-23/h3-13,16-18,23,32,34,37H,2,14-15,19H2,1H3. The van der Waals surface area contributed by atoms with Gasteiger partial charge < -0.3 is 15.7 Å². The van der Waals surface area contributed by atoms with Gasteiger partial charge in [0.15, 0.2) is 5.65 Å². The molecule has 184 valence electrons. The van der Waals surface area contributed by atoms with Crippen LogP contribution in [0.15, 0.2) is 91.6 Å². The van der Waals surface area contributed by atoms with Gasteiger partial charge in [-0.05, 0) is 61.1 Å². The molecule has 3 N–H and O–H groups in total. The molecule has 3 aromatic carbocycles. The summed E-state index contributed by atoms with van der Waals surface area (Å²) < 4.78 is 1.80. The number of phenols is 1. The molecule has 0 unspecified atom stereocenters. The van der Waals surface area contributed by atoms with E-state index in [1.165, 1.54) is 24.0 Å². The van der Waals surface area contributed by atoms with Crippen molar-refractivity contribution in [3.63, 3.8) is 0 Å². The number of rotatable bonds is 8. The minimum Gasteiger partial charge on any atom is -0.507 e. The molecular formula is C31H29N5O. The maximum atomic E-state index is 10.4. The highest BCUT2D eigenvalue weighted by atomic mass is 16.3. The molecule has 1 fully saturated rings. The van der Waals surface area contributed by atoms with Crippen molar-refractivity contribution in [1.82, 2.24) is 14.6 Å². The molecule has 0 aliphatic heterocycles. The van der Waals surface area contributed by atoms with E-state index in [0.717, 1.165) is 34.0 Å². The average molecular weight is 488 g/mol. The van der Waals surface area contributed by atoms with Gasteiger partial charge in [-0.25, -0.2) is 4.98 Å². The summed E-state index contributed by atoms with van der Waals surface area (Å²) in [5.41, 5.74) is 8.71. The third-order valence-electron chi connectivity index (χ3n) is 6.83. The lowest BCUT2D eigenvalue weighted by molar-refractivity contribution is 0.477. The highest BCUT2D eigenvalue weighted by molar-refractivity contribution is 5.77. The molecule has 0 amide bonds. The van der Waals surface area contributed by atoms with Crippen LogP contribution in [0.2, 0.25) is 0 Å². The number of nitrogens with one attached hydrogen (secondary N) is 2. The molecule has 0 spiro atoms. The van der Waals surface area contributed by atoms with Gasteiger partial charge in [0.2, 0.25) is 0 Å². The minimum absolute atomic E-state index is 0.199. The molecule has 0 atom stereocenters. The van der Waals surface area contributed by atoms with Crippen LogP contribution >= 0.6 is 0 Å². The maximum absolute atomic E-state index is 10.4. The number of nitrogens with zero attached hydrogens (tertiary/aromatic N) is 3. The molecule has 2 heterocycles. The zero-order valence-corrected chi connectivity index (χ0v) is 20.8. The lowest BCUT2D eigenvalue weighted by Crippen LogP contribution is -2.07. The van der Waals surface area contributed by atoms with Gasteiger partial charge in [0.25, 0.3) is 0 Å². The first-order valence-corrected chi connectivity index (χ1v) is 12.6. The first kappa shape index (κ1) is 22.9. The van der Waals surface area contributed by atoms with Gasteiger partial charge in [-0.1, -0.05) is 55.1 Å². The summed E-state index contributed by atoms with van der Waals surface area (Å²) in [6.07, 6.45) is 4.32. The Labute approximate surface area is 216 Å². The van der Waals surface area contributed by atoms with Gasteiger partial charge in [0.05, 0.1) is 11.9 Å². The second-order valence-electron chi connectivity index (χ2n) is 9.63. The molecule has 0 radical (unpaired) electrons. The second kappa shape index (κ2) is 9.47. The van der Waals surface area contributed by atoms with Crippen LogP contribution in [0.1, 0.15) is 41.0 Å². The van der Waals surface area contributed by atoms with E-state index in [1.807, 2.05) is 31.2 Å². The Bertz CT molecular complexity index is 1620. The summed E-state index contributed by atoms with van der Waals surface area (Å²) >= 11 is 0. The van der Waals surface area contributed by atoms with Gasteiger partial charge in [-0.3, -0.25) is 0 Å². The largest absolute Gasteiger partial charge is 0.507 e. The highest BCUT2D eigenvalue weighted by Crippen LogP contribution is 2.43. The molecule has 0 bridgehead atoms. The zero-order valence-electron chi connectivity index (χ0n) is 20.8. The summed E-state index contributed by atoms with van der Waals surface area (Å²) in [7, 11) is 0. The van der Waals surface area contributed by atoms with Crippen molar-refractivity contribution in [2.45, 2.75) is 32.2 Å². The third-order valence-corrected chi connectivity index (χ3v) is 6.83. The second-order valence-corrected chi connectivity index (χ2v) is 9.63. The number of benzene rings is 3. The van der Waals surface area contributed by atoms with E-state index in [2.05, 4.69) is 64.8 Å². The number of aromatic nitrogens is 3. The van der Waals surface area contributed by atoms with Crippen molar-refractivity contribution >= 4 is 22.8 Å². The van der Waals surface area contributed by atoms with Crippen molar-refractivity contribution in [3.8, 4) is 17.0 Å². The topological polar surface area (TPSA) is 74.5 Å². The smallest absolute Gasteiger partial charge is 0.160 e. The Morgan fingerprint density at radius 1 is 1.03 bits per heavy atom. The monoisotopic (exact) mass is 487 g/mol. The van der Waals surface area contributed by atoms with Gasteiger partial charge in [-0.15, -0.1) is 0 Å². The maximum Gasteiger partial charge on any atom is 0.160 e. The Morgan fingerprint density at radius 3 is 2.68 bits per heavy atom. The van der Waals surface area contributed by atoms with Crippen LogP contribution < -0.4 is 10.6 Å². The van der Waals surface area contributed by atoms with E-state index in [9.17, 15) is 5.11 Å². The number of hydrogen-bond acceptors (Lipinski definition) is 5. The fourth-order valence-electron chi connectivity index (χ4n) is 4.74. The number of anilines is 2. The van der Waals surface area contributed by atoms with E-state index in [0.29, 0.717) is 23.7 Å². The molecule has 37 heavy (non-hydrogen) atoms. The number of para-hydroxylation sites is 1. The lowest BCUT2D eigenvalue weighted by atomic mass is 10.0. The van der Waals surface area contributed by atoms with Crippen LogP contribution in [-0.4, -0.2) is 19.7 Å². The predicted molar refractivity (Wildman–Crippen MR) is 150 cm³/mol. The van der Waals surface area contributed by atoms with Crippen molar-refractivity contribution < 1.29 is 5.11 Å². The molecule has 5 aromatic rings. The molecule has 2 aromatic heterocycles. The average Bonchev–Trinajstić information content (AvgIpc) is 3.70. The molecule has 6 heteroatoms. The SMILES string of the molecule is C=C(Nc1cccc(CNc2cc(-c3ccccc3O)nc3c(C)cnn23)c1)c1ccccc1C1CC1. The number of phenolic OH excluding ortho intramolecular Hbond substituents is 1. The Hall–Kier alpha value is -4.58. The van der Waals surface area contributed by atoms with E-state index in [-0.39, 0.29) is 5.75 Å². The molecule has 1 aliphatic rings. The first-order valence-electron chi connectivity index (χ1n) is 12.6. The molecular weight excluding hydrogens is 458 g/mol. The van der Waals surface area contributed by atoms with E-state index < -0.39 is 0 Å². The Kier molecular flexibility index (Phi) is 5.85. The van der Waals surface area contributed by atoms with Crippen molar-refractivity contribution in [2.75, 3.05) is 10.6 Å². The van der Waals surface area contributed by atoms with Crippen molar-refractivity contribution in [2.24, 2.45) is 0 Å². The molecule has 6 rings (SSSR count). The number of hydrogen-bond donors (Lipinski definition) is 3. The first-order chi connectivity index (χ1) is 18.1. The van der Waals surface area contributed by atoms with Crippen LogP contribution in [0.25, 0.3) is 22.6 Å². The number of aryl methyl sites for hydroxylation is 1. The van der Waals surface area contributed by atoms with Crippen LogP contribution in [0.4, 0.5) is 11.5 Å². The molecule has 1 saturated carbocycles. The van der Waals surface area contributed by atoms with Gasteiger partial charge in [0.1, 0.15) is 11.6 Å². The fourth-order valence-corrected chi connectivity index (χ4v) is 4.74. The normalized spacial score (nSPS) is 13.0. The minimum atomic E-state index is 0.199. The number of aromatic hydroxyl groups is 1. The molecule has 1 aliphatic carbocycles. The lowest BCUT2D eigenvalue weighted by Gasteiger charge is -2.15. The van der Waals surface area contributed by atoms with E-state index >= 15 is 0 Å². The summed E-state index contributed by atoms with van der Waals surface area (Å²) in [6.45, 7) is 6.91. The molecule has 0 saturated heterocycles. The van der Waals surface area contributed by atoms with Gasteiger partial charge in [0, 0.05) is 40.7 Å². The van der Waals surface area contributed by atoms with E-state index in [4.69, 9.17) is 4.98 Å². The van der Waals surface area contributed by atoms with Gasteiger partial charge in [-0.2, -0.15) is 9.61 Å². The van der Waals surface area contributed by atoms with Crippen LogP contribution in [0.3, 0.4) is 0 Å². The van der Waals surface area contributed by atoms with Crippen molar-refractivity contribution in [1.29, 1.82) is 0 Å². The Morgan fingerprint density at radius 2 is 1.84 bits per heavy atom. The quantitative estimate of drug-likeness (QED) is 0.220. The summed E-state index contributed by atoms with van der Waals surface area (Å²) in [6, 6.07) is 26.1. The van der Waals surface area contributed by atoms with Crippen LogP contribution in [0.5, 0.6) is 5.75 Å². The fraction of sp³-hybridized carbons (Fsp3) is 0.161.